The van der Waals surface area contributed by atoms with E-state index >= 15 is 0 Å². The van der Waals surface area contributed by atoms with Gasteiger partial charge >= 0.3 is 11.7 Å². The van der Waals surface area contributed by atoms with Gasteiger partial charge in [-0.2, -0.15) is 0 Å². The van der Waals surface area contributed by atoms with Gasteiger partial charge in [-0.15, -0.1) is 0 Å². The van der Waals surface area contributed by atoms with Gasteiger partial charge in [0.15, 0.2) is 0 Å². The van der Waals surface area contributed by atoms with Crippen LogP contribution in [0.3, 0.4) is 0 Å². The average molecular weight is 295 g/mol. The van der Waals surface area contributed by atoms with E-state index < -0.39 is 4.92 Å². The highest BCUT2D eigenvalue weighted by atomic mass is 16.6. The lowest BCUT2D eigenvalue weighted by atomic mass is 10.2. The Balaban J connectivity index is 2.68. The summed E-state index contributed by atoms with van der Waals surface area (Å²) >= 11 is 0. The second-order valence-corrected chi connectivity index (χ2v) is 4.54. The number of rotatable bonds is 7. The zero-order chi connectivity index (χ0) is 15.8. The van der Waals surface area contributed by atoms with E-state index in [2.05, 4.69) is 16.0 Å². The van der Waals surface area contributed by atoms with Gasteiger partial charge in [0.1, 0.15) is 11.4 Å². The fourth-order valence-electron chi connectivity index (χ4n) is 1.74. The fourth-order valence-corrected chi connectivity index (χ4v) is 1.74. The van der Waals surface area contributed by atoms with Crippen molar-refractivity contribution in [1.82, 2.24) is 10.2 Å². The van der Waals surface area contributed by atoms with Crippen LogP contribution in [0.4, 0.5) is 21.9 Å². The van der Waals surface area contributed by atoms with Crippen LogP contribution >= 0.6 is 0 Å². The van der Waals surface area contributed by atoms with Crippen molar-refractivity contribution in [2.75, 3.05) is 44.4 Å². The Labute approximate surface area is 123 Å². The quantitative estimate of drug-likeness (QED) is 0.404. The van der Waals surface area contributed by atoms with Crippen molar-refractivity contribution in [2.45, 2.75) is 6.92 Å². The topological polar surface area (TPSA) is 99.5 Å². The molecule has 116 valence electrons. The number of amides is 2. The molecule has 8 nitrogen and oxygen atoms in total. The van der Waals surface area contributed by atoms with Gasteiger partial charge in [-0.1, -0.05) is 6.07 Å². The Bertz CT molecular complexity index is 505. The zero-order valence-corrected chi connectivity index (χ0v) is 12.5. The maximum Gasteiger partial charge on any atom is 0.316 e. The molecule has 0 heterocycles. The summed E-state index contributed by atoms with van der Waals surface area (Å²) in [7, 11) is 3.29. The number of benzene rings is 1. The molecule has 3 N–H and O–H groups in total. The molecule has 0 aromatic heterocycles. The first-order chi connectivity index (χ1) is 9.97. The van der Waals surface area contributed by atoms with Crippen molar-refractivity contribution >= 4 is 23.1 Å². The molecule has 0 spiro atoms. The highest BCUT2D eigenvalue weighted by Gasteiger charge is 2.18. The molecule has 2 amide bonds. The summed E-state index contributed by atoms with van der Waals surface area (Å²) in [5, 5.41) is 19.8. The number of nitrogens with zero attached hydrogens (tertiary/aromatic N) is 2. The van der Waals surface area contributed by atoms with Gasteiger partial charge in [-0.3, -0.25) is 10.1 Å². The van der Waals surface area contributed by atoms with Gasteiger partial charge in [-0.25, -0.2) is 4.79 Å². The maximum absolute atomic E-state index is 11.3. The van der Waals surface area contributed by atoms with Crippen LogP contribution in [-0.4, -0.2) is 49.6 Å². The Morgan fingerprint density at radius 1 is 1.24 bits per heavy atom. The number of nitrogens with one attached hydrogen (secondary N) is 3. The highest BCUT2D eigenvalue weighted by Crippen LogP contribution is 2.32. The van der Waals surface area contributed by atoms with Crippen LogP contribution in [0.5, 0.6) is 0 Å². The van der Waals surface area contributed by atoms with Gasteiger partial charge < -0.3 is 20.9 Å². The van der Waals surface area contributed by atoms with E-state index in [0.29, 0.717) is 31.0 Å². The number of urea groups is 1. The van der Waals surface area contributed by atoms with E-state index in [0.717, 1.165) is 0 Å². The molecule has 8 heteroatoms. The number of hydrogen-bond donors (Lipinski definition) is 3. The van der Waals surface area contributed by atoms with Gasteiger partial charge in [0.25, 0.3) is 0 Å². The largest absolute Gasteiger partial charge is 0.380 e. The first-order valence-corrected chi connectivity index (χ1v) is 6.67. The van der Waals surface area contributed by atoms with Crippen LogP contribution in [0.25, 0.3) is 0 Å². The first-order valence-electron chi connectivity index (χ1n) is 6.67. The minimum absolute atomic E-state index is 0.0123. The predicted molar refractivity (Wildman–Crippen MR) is 82.8 cm³/mol. The lowest BCUT2D eigenvalue weighted by Gasteiger charge is -2.13. The molecule has 0 atom stereocenters. The number of anilines is 2. The third-order valence-corrected chi connectivity index (χ3v) is 2.71. The molecule has 0 unspecified atom stereocenters. The van der Waals surface area contributed by atoms with Crippen molar-refractivity contribution < 1.29 is 9.72 Å². The van der Waals surface area contributed by atoms with Crippen molar-refractivity contribution in [2.24, 2.45) is 0 Å². The molecule has 0 bridgehead atoms. The van der Waals surface area contributed by atoms with Gasteiger partial charge in [-0.05, 0) is 19.1 Å². The number of nitro groups is 1. The van der Waals surface area contributed by atoms with Gasteiger partial charge in [0.2, 0.25) is 0 Å². The smallest absolute Gasteiger partial charge is 0.316 e. The van der Waals surface area contributed by atoms with Crippen LogP contribution in [0.2, 0.25) is 0 Å². The standard InChI is InChI=1S/C13H21N5O3/c1-4-14-10-6-5-7-11(12(10)18(20)21)15-8-9-16-13(19)17(2)3/h5-7,14-15H,4,8-9H2,1-3H3,(H,16,19). The van der Waals surface area contributed by atoms with Crippen molar-refractivity contribution in [1.29, 1.82) is 0 Å². The molecular weight excluding hydrogens is 274 g/mol. The summed E-state index contributed by atoms with van der Waals surface area (Å²) in [6.07, 6.45) is 0. The molecule has 1 aromatic carbocycles. The van der Waals surface area contributed by atoms with E-state index in [1.807, 2.05) is 6.92 Å². The minimum atomic E-state index is -0.418. The zero-order valence-electron chi connectivity index (χ0n) is 12.5. The number of nitro benzene ring substituents is 1. The third-order valence-electron chi connectivity index (χ3n) is 2.71. The molecule has 0 aliphatic carbocycles. The maximum atomic E-state index is 11.3. The van der Waals surface area contributed by atoms with Crippen LogP contribution in [0.15, 0.2) is 18.2 Å². The van der Waals surface area contributed by atoms with E-state index in [9.17, 15) is 14.9 Å². The van der Waals surface area contributed by atoms with Crippen LogP contribution in [-0.2, 0) is 0 Å². The van der Waals surface area contributed by atoms with Gasteiger partial charge in [0.05, 0.1) is 4.92 Å². The summed E-state index contributed by atoms with van der Waals surface area (Å²) in [5.74, 6) is 0. The van der Waals surface area contributed by atoms with Crippen molar-refractivity contribution in [3.05, 3.63) is 28.3 Å². The molecule has 1 rings (SSSR count). The minimum Gasteiger partial charge on any atom is -0.380 e. The molecule has 0 aliphatic rings. The molecule has 0 radical (unpaired) electrons. The number of hydrogen-bond acceptors (Lipinski definition) is 5. The van der Waals surface area contributed by atoms with E-state index in [1.165, 1.54) is 4.90 Å². The Hall–Kier alpha value is -2.51. The Kier molecular flexibility index (Phi) is 6.25. The average Bonchev–Trinajstić information content (AvgIpc) is 2.43. The molecule has 0 saturated carbocycles. The molecule has 0 saturated heterocycles. The summed E-state index contributed by atoms with van der Waals surface area (Å²) < 4.78 is 0. The molecule has 0 fully saturated rings. The van der Waals surface area contributed by atoms with Crippen LogP contribution in [0.1, 0.15) is 6.92 Å². The van der Waals surface area contributed by atoms with Crippen molar-refractivity contribution in [3.8, 4) is 0 Å². The third kappa shape index (κ3) is 4.83. The molecule has 0 aliphatic heterocycles. The lowest BCUT2D eigenvalue weighted by Crippen LogP contribution is -2.37. The van der Waals surface area contributed by atoms with Crippen molar-refractivity contribution in [3.63, 3.8) is 0 Å². The van der Waals surface area contributed by atoms with Gasteiger partial charge in [0, 0.05) is 33.7 Å². The van der Waals surface area contributed by atoms with Crippen LogP contribution in [0, 0.1) is 10.1 Å². The summed E-state index contributed by atoms with van der Waals surface area (Å²) in [5.41, 5.74) is 0.917. The lowest BCUT2D eigenvalue weighted by molar-refractivity contribution is -0.383. The fraction of sp³-hybridized carbons (Fsp3) is 0.462. The van der Waals surface area contributed by atoms with E-state index in [1.54, 1.807) is 32.3 Å². The second kappa shape index (κ2) is 7.93. The van der Waals surface area contributed by atoms with Crippen LogP contribution < -0.4 is 16.0 Å². The van der Waals surface area contributed by atoms with E-state index in [-0.39, 0.29) is 11.7 Å². The predicted octanol–water partition coefficient (Wildman–Crippen LogP) is 1.71. The summed E-state index contributed by atoms with van der Waals surface area (Å²) in [6, 6.07) is 4.85. The normalized spacial score (nSPS) is 9.86. The summed E-state index contributed by atoms with van der Waals surface area (Å²) in [6.45, 7) is 3.25. The monoisotopic (exact) mass is 295 g/mol. The first kappa shape index (κ1) is 16.5. The number of carbonyl (C=O) groups is 1. The van der Waals surface area contributed by atoms with E-state index in [4.69, 9.17) is 0 Å². The highest BCUT2D eigenvalue weighted by molar-refractivity contribution is 5.76. The molecule has 1 aromatic rings. The molecule has 21 heavy (non-hydrogen) atoms. The summed E-state index contributed by atoms with van der Waals surface area (Å²) in [4.78, 5) is 23.5. The Morgan fingerprint density at radius 3 is 2.38 bits per heavy atom. The number of carbonyl (C=O) groups excluding carboxylic acids is 1. The molecular formula is C13H21N5O3. The Morgan fingerprint density at radius 2 is 1.86 bits per heavy atom. The second-order valence-electron chi connectivity index (χ2n) is 4.54. The SMILES string of the molecule is CCNc1cccc(NCCNC(=O)N(C)C)c1[N+](=O)[O-]. The number of para-hydroxylation sites is 1.